The van der Waals surface area contributed by atoms with Crippen LogP contribution in [0.1, 0.15) is 31.9 Å². The van der Waals surface area contributed by atoms with E-state index in [9.17, 15) is 4.79 Å². The first-order valence-electron chi connectivity index (χ1n) is 5.35. The lowest BCUT2D eigenvalue weighted by Gasteiger charge is -2.19. The Morgan fingerprint density at radius 3 is 2.12 bits per heavy atom. The van der Waals surface area contributed by atoms with Crippen LogP contribution in [0.2, 0.25) is 0 Å². The van der Waals surface area contributed by atoms with Gasteiger partial charge in [0.25, 0.3) is 0 Å². The van der Waals surface area contributed by atoms with Gasteiger partial charge in [0.05, 0.1) is 6.61 Å². The molecule has 2 rings (SSSR count). The SMILES string of the molecule is CC(C)(C)c1ccc(C2(C(=O)O)CO2)cc1. The maximum absolute atomic E-state index is 11.0. The average Bonchev–Trinajstić information content (AvgIpc) is 2.97. The summed E-state index contributed by atoms with van der Waals surface area (Å²) in [5, 5.41) is 9.06. The normalized spacial score (nSPS) is 24.2. The van der Waals surface area contributed by atoms with E-state index in [0.717, 1.165) is 5.56 Å². The lowest BCUT2D eigenvalue weighted by atomic mass is 9.85. The zero-order valence-electron chi connectivity index (χ0n) is 9.78. The van der Waals surface area contributed by atoms with E-state index in [1.54, 1.807) is 0 Å². The summed E-state index contributed by atoms with van der Waals surface area (Å²) < 4.78 is 5.07. The molecule has 1 aliphatic rings. The largest absolute Gasteiger partial charge is 0.479 e. The third-order valence-corrected chi connectivity index (χ3v) is 3.00. The maximum Gasteiger partial charge on any atom is 0.343 e. The highest BCUT2D eigenvalue weighted by Gasteiger charge is 2.54. The van der Waals surface area contributed by atoms with Crippen molar-refractivity contribution in [1.29, 1.82) is 0 Å². The van der Waals surface area contributed by atoms with Crippen molar-refractivity contribution in [1.82, 2.24) is 0 Å². The summed E-state index contributed by atoms with van der Waals surface area (Å²) in [5.74, 6) is -0.906. The molecule has 0 aliphatic carbocycles. The smallest absolute Gasteiger partial charge is 0.343 e. The lowest BCUT2D eigenvalue weighted by Crippen LogP contribution is -2.21. The molecule has 1 saturated heterocycles. The highest BCUT2D eigenvalue weighted by Crippen LogP contribution is 2.39. The van der Waals surface area contributed by atoms with Crippen molar-refractivity contribution in [2.75, 3.05) is 6.61 Å². The second-order valence-electron chi connectivity index (χ2n) is 5.25. The van der Waals surface area contributed by atoms with E-state index in [0.29, 0.717) is 0 Å². The molecule has 0 amide bonds. The van der Waals surface area contributed by atoms with Gasteiger partial charge in [0.1, 0.15) is 0 Å². The first-order valence-corrected chi connectivity index (χ1v) is 5.35. The Bertz CT molecular complexity index is 408. The molecule has 3 nitrogen and oxygen atoms in total. The third-order valence-electron chi connectivity index (χ3n) is 3.00. The molecule has 0 aromatic heterocycles. The number of hydrogen-bond donors (Lipinski definition) is 1. The van der Waals surface area contributed by atoms with E-state index in [4.69, 9.17) is 9.84 Å². The molecule has 0 radical (unpaired) electrons. The van der Waals surface area contributed by atoms with E-state index in [1.807, 2.05) is 24.3 Å². The van der Waals surface area contributed by atoms with Gasteiger partial charge in [-0.3, -0.25) is 0 Å². The molecule has 86 valence electrons. The van der Waals surface area contributed by atoms with E-state index in [1.165, 1.54) is 5.56 Å². The van der Waals surface area contributed by atoms with Gasteiger partial charge in [0, 0.05) is 0 Å². The number of ether oxygens (including phenoxy) is 1. The van der Waals surface area contributed by atoms with Crippen molar-refractivity contribution in [2.24, 2.45) is 0 Å². The molecule has 1 atom stereocenters. The number of epoxide rings is 1. The Hall–Kier alpha value is -1.35. The van der Waals surface area contributed by atoms with Crippen molar-refractivity contribution >= 4 is 5.97 Å². The summed E-state index contributed by atoms with van der Waals surface area (Å²) >= 11 is 0. The van der Waals surface area contributed by atoms with Gasteiger partial charge in [-0.1, -0.05) is 45.0 Å². The minimum atomic E-state index is -1.07. The molecule has 1 aliphatic heterocycles. The summed E-state index contributed by atoms with van der Waals surface area (Å²) in [7, 11) is 0. The molecule has 1 heterocycles. The van der Waals surface area contributed by atoms with Crippen LogP contribution in [0.15, 0.2) is 24.3 Å². The highest BCUT2D eigenvalue weighted by molar-refractivity contribution is 5.82. The third kappa shape index (κ3) is 1.71. The number of carbonyl (C=O) groups is 1. The highest BCUT2D eigenvalue weighted by atomic mass is 16.6. The van der Waals surface area contributed by atoms with Crippen molar-refractivity contribution in [3.63, 3.8) is 0 Å². The average molecular weight is 220 g/mol. The number of aliphatic carboxylic acids is 1. The van der Waals surface area contributed by atoms with Crippen molar-refractivity contribution in [3.05, 3.63) is 35.4 Å². The second kappa shape index (κ2) is 3.32. The second-order valence-corrected chi connectivity index (χ2v) is 5.25. The van der Waals surface area contributed by atoms with Gasteiger partial charge < -0.3 is 9.84 Å². The van der Waals surface area contributed by atoms with E-state index >= 15 is 0 Å². The summed E-state index contributed by atoms with van der Waals surface area (Å²) in [5.41, 5.74) is 0.931. The molecular weight excluding hydrogens is 204 g/mol. The van der Waals surface area contributed by atoms with Crippen molar-refractivity contribution in [3.8, 4) is 0 Å². The molecule has 1 fully saturated rings. The van der Waals surface area contributed by atoms with Crippen LogP contribution in [-0.4, -0.2) is 17.7 Å². The standard InChI is InChI=1S/C13H16O3/c1-12(2,3)9-4-6-10(7-5-9)13(8-16-13)11(14)15/h4-7H,8H2,1-3H3,(H,14,15). The Labute approximate surface area is 95.0 Å². The molecule has 1 aromatic rings. The molecule has 1 unspecified atom stereocenters. The van der Waals surface area contributed by atoms with Gasteiger partial charge in [-0.05, 0) is 16.5 Å². The van der Waals surface area contributed by atoms with Crippen LogP contribution in [0, 0.1) is 0 Å². The van der Waals surface area contributed by atoms with E-state index < -0.39 is 11.6 Å². The van der Waals surface area contributed by atoms with Gasteiger partial charge in [-0.2, -0.15) is 0 Å². The van der Waals surface area contributed by atoms with Gasteiger partial charge in [-0.25, -0.2) is 4.79 Å². The van der Waals surface area contributed by atoms with Crippen LogP contribution in [-0.2, 0) is 20.5 Å². The molecule has 3 heteroatoms. The van der Waals surface area contributed by atoms with Gasteiger partial charge >= 0.3 is 5.97 Å². The topological polar surface area (TPSA) is 49.8 Å². The van der Waals surface area contributed by atoms with Crippen LogP contribution in [0.3, 0.4) is 0 Å². The fraction of sp³-hybridized carbons (Fsp3) is 0.462. The minimum Gasteiger partial charge on any atom is -0.479 e. The molecule has 16 heavy (non-hydrogen) atoms. The number of hydrogen-bond acceptors (Lipinski definition) is 2. The zero-order valence-corrected chi connectivity index (χ0v) is 9.78. The van der Waals surface area contributed by atoms with Gasteiger partial charge in [-0.15, -0.1) is 0 Å². The predicted molar refractivity (Wildman–Crippen MR) is 60.4 cm³/mol. The number of benzene rings is 1. The number of carboxylic acids is 1. The minimum absolute atomic E-state index is 0.0827. The predicted octanol–water partition coefficient (Wildman–Crippen LogP) is 2.29. The Kier molecular flexibility index (Phi) is 2.31. The van der Waals surface area contributed by atoms with Crippen LogP contribution in [0.25, 0.3) is 0 Å². The molecule has 0 spiro atoms. The molecule has 1 N–H and O–H groups in total. The van der Waals surface area contributed by atoms with Crippen LogP contribution in [0.4, 0.5) is 0 Å². The molecular formula is C13H16O3. The molecule has 1 aromatic carbocycles. The fourth-order valence-electron chi connectivity index (χ4n) is 1.73. The summed E-state index contributed by atoms with van der Waals surface area (Å²) in [6.07, 6.45) is 0. The van der Waals surface area contributed by atoms with Gasteiger partial charge in [0.15, 0.2) is 0 Å². The monoisotopic (exact) mass is 220 g/mol. The number of rotatable bonds is 2. The van der Waals surface area contributed by atoms with Crippen LogP contribution >= 0.6 is 0 Å². The van der Waals surface area contributed by atoms with Crippen molar-refractivity contribution < 1.29 is 14.6 Å². The lowest BCUT2D eigenvalue weighted by molar-refractivity contribution is -0.143. The molecule has 0 bridgehead atoms. The first-order chi connectivity index (χ1) is 7.36. The van der Waals surface area contributed by atoms with Crippen LogP contribution < -0.4 is 0 Å². The Morgan fingerprint density at radius 2 is 1.81 bits per heavy atom. The zero-order chi connectivity index (χ0) is 12.0. The van der Waals surface area contributed by atoms with E-state index in [2.05, 4.69) is 20.8 Å². The Balaban J connectivity index is 2.31. The van der Waals surface area contributed by atoms with Crippen molar-refractivity contribution in [2.45, 2.75) is 31.8 Å². The number of carboxylic acid groups (broad SMARTS) is 1. The summed E-state index contributed by atoms with van der Waals surface area (Å²) in [4.78, 5) is 11.0. The van der Waals surface area contributed by atoms with Gasteiger partial charge in [0.2, 0.25) is 5.60 Å². The summed E-state index contributed by atoms with van der Waals surface area (Å²) in [6.45, 7) is 6.66. The molecule has 0 saturated carbocycles. The maximum atomic E-state index is 11.0. The summed E-state index contributed by atoms with van der Waals surface area (Å²) in [6, 6.07) is 7.65. The van der Waals surface area contributed by atoms with E-state index in [-0.39, 0.29) is 12.0 Å². The quantitative estimate of drug-likeness (QED) is 0.778. The first kappa shape index (κ1) is 11.1. The fourth-order valence-corrected chi connectivity index (χ4v) is 1.73. The van der Waals surface area contributed by atoms with Crippen LogP contribution in [0.5, 0.6) is 0 Å². The Morgan fingerprint density at radius 1 is 1.31 bits per heavy atom.